The van der Waals surface area contributed by atoms with E-state index in [2.05, 4.69) is 43.2 Å². The van der Waals surface area contributed by atoms with Crippen LogP contribution in [0.2, 0.25) is 0 Å². The molecule has 1 aromatic rings. The Morgan fingerprint density at radius 1 is 1.40 bits per heavy atom. The number of hydrogen-bond donors (Lipinski definition) is 2. The van der Waals surface area contributed by atoms with E-state index in [-0.39, 0.29) is 6.04 Å². The molecule has 0 aliphatic rings. The van der Waals surface area contributed by atoms with Gasteiger partial charge in [-0.25, -0.2) is 0 Å². The number of rotatable bonds is 5. The maximum atomic E-state index is 5.51. The molecule has 0 aliphatic carbocycles. The Morgan fingerprint density at radius 2 is 2.00 bits per heavy atom. The third-order valence-corrected chi connectivity index (χ3v) is 2.43. The third kappa shape index (κ3) is 4.28. The highest BCUT2D eigenvalue weighted by Gasteiger charge is 2.07. The molecule has 0 bridgehead atoms. The summed E-state index contributed by atoms with van der Waals surface area (Å²) in [6.07, 6.45) is 1.87. The zero-order valence-corrected chi connectivity index (χ0v) is 9.59. The van der Waals surface area contributed by atoms with E-state index < -0.39 is 0 Å². The van der Waals surface area contributed by atoms with E-state index in [1.54, 1.807) is 0 Å². The standard InChI is InChI=1S/C13H20N2/c1-10(2)8-13(15-14)9-12-6-4-11(3)5-7-12/h4-7,13,15H,1,8-9,14H2,2-3H3. The first-order valence-corrected chi connectivity index (χ1v) is 5.28. The molecule has 3 N–H and O–H groups in total. The molecular formula is C13H20N2. The van der Waals surface area contributed by atoms with Crippen LogP contribution in [-0.2, 0) is 6.42 Å². The van der Waals surface area contributed by atoms with Crippen molar-refractivity contribution in [1.29, 1.82) is 0 Å². The predicted molar refractivity (Wildman–Crippen MR) is 65.4 cm³/mol. The predicted octanol–water partition coefficient (Wildman–Crippen LogP) is 2.34. The van der Waals surface area contributed by atoms with Crippen LogP contribution in [0, 0.1) is 6.92 Å². The SMILES string of the molecule is C=C(C)CC(Cc1ccc(C)cc1)NN. The van der Waals surface area contributed by atoms with Crippen LogP contribution in [0.5, 0.6) is 0 Å². The topological polar surface area (TPSA) is 38.0 Å². The van der Waals surface area contributed by atoms with Gasteiger partial charge >= 0.3 is 0 Å². The van der Waals surface area contributed by atoms with Gasteiger partial charge in [0.2, 0.25) is 0 Å². The largest absolute Gasteiger partial charge is 0.271 e. The molecule has 0 amide bonds. The molecule has 0 aromatic heterocycles. The van der Waals surface area contributed by atoms with Crippen molar-refractivity contribution in [3.05, 3.63) is 47.5 Å². The smallest absolute Gasteiger partial charge is 0.0287 e. The lowest BCUT2D eigenvalue weighted by Gasteiger charge is -2.15. The fraction of sp³-hybridized carbons (Fsp3) is 0.385. The summed E-state index contributed by atoms with van der Waals surface area (Å²) in [4.78, 5) is 0. The highest BCUT2D eigenvalue weighted by Crippen LogP contribution is 2.10. The van der Waals surface area contributed by atoms with Crippen molar-refractivity contribution in [2.24, 2.45) is 5.84 Å². The summed E-state index contributed by atoms with van der Waals surface area (Å²) in [7, 11) is 0. The van der Waals surface area contributed by atoms with Crippen LogP contribution < -0.4 is 11.3 Å². The van der Waals surface area contributed by atoms with Gasteiger partial charge in [-0.15, -0.1) is 6.58 Å². The van der Waals surface area contributed by atoms with Gasteiger partial charge in [-0.2, -0.15) is 0 Å². The molecule has 2 heteroatoms. The Morgan fingerprint density at radius 3 is 2.47 bits per heavy atom. The average Bonchev–Trinajstić information content (AvgIpc) is 2.19. The molecule has 0 radical (unpaired) electrons. The molecule has 0 aliphatic heterocycles. The molecule has 0 saturated heterocycles. The molecule has 15 heavy (non-hydrogen) atoms. The monoisotopic (exact) mass is 204 g/mol. The van der Waals surface area contributed by atoms with Crippen LogP contribution in [-0.4, -0.2) is 6.04 Å². The van der Waals surface area contributed by atoms with Crippen molar-refractivity contribution < 1.29 is 0 Å². The van der Waals surface area contributed by atoms with E-state index in [1.807, 2.05) is 6.92 Å². The van der Waals surface area contributed by atoms with E-state index in [4.69, 9.17) is 5.84 Å². The van der Waals surface area contributed by atoms with Crippen LogP contribution in [0.3, 0.4) is 0 Å². The van der Waals surface area contributed by atoms with Gasteiger partial charge in [0, 0.05) is 6.04 Å². The van der Waals surface area contributed by atoms with Crippen molar-refractivity contribution in [2.75, 3.05) is 0 Å². The van der Waals surface area contributed by atoms with Crippen molar-refractivity contribution in [2.45, 2.75) is 32.7 Å². The van der Waals surface area contributed by atoms with Crippen LogP contribution in [0.4, 0.5) is 0 Å². The summed E-state index contributed by atoms with van der Waals surface area (Å²) in [6, 6.07) is 8.84. The fourth-order valence-corrected chi connectivity index (χ4v) is 1.62. The van der Waals surface area contributed by atoms with Crippen molar-refractivity contribution in [1.82, 2.24) is 5.43 Å². The lowest BCUT2D eigenvalue weighted by atomic mass is 10.0. The van der Waals surface area contributed by atoms with Crippen LogP contribution >= 0.6 is 0 Å². The Hall–Kier alpha value is -1.12. The maximum absolute atomic E-state index is 5.51. The second-order valence-electron chi connectivity index (χ2n) is 4.21. The summed E-state index contributed by atoms with van der Waals surface area (Å²) in [5.41, 5.74) is 6.59. The van der Waals surface area contributed by atoms with E-state index in [1.165, 1.54) is 11.1 Å². The second kappa shape index (κ2) is 5.69. The summed E-state index contributed by atoms with van der Waals surface area (Å²) < 4.78 is 0. The zero-order valence-electron chi connectivity index (χ0n) is 9.59. The molecular weight excluding hydrogens is 184 g/mol. The summed E-state index contributed by atoms with van der Waals surface area (Å²) in [5.74, 6) is 5.51. The molecule has 1 atom stereocenters. The molecule has 82 valence electrons. The number of nitrogens with two attached hydrogens (primary N) is 1. The molecule has 0 saturated carbocycles. The van der Waals surface area contributed by atoms with E-state index in [9.17, 15) is 0 Å². The van der Waals surface area contributed by atoms with Gasteiger partial charge < -0.3 is 0 Å². The first kappa shape index (κ1) is 12.0. The number of hydrogen-bond acceptors (Lipinski definition) is 2. The Labute approximate surface area is 92.2 Å². The summed E-state index contributed by atoms with van der Waals surface area (Å²) >= 11 is 0. The molecule has 1 aromatic carbocycles. The average molecular weight is 204 g/mol. The van der Waals surface area contributed by atoms with Gasteiger partial charge in [0.05, 0.1) is 0 Å². The molecule has 1 rings (SSSR count). The number of benzene rings is 1. The number of nitrogens with one attached hydrogen (secondary N) is 1. The highest BCUT2D eigenvalue weighted by molar-refractivity contribution is 5.22. The van der Waals surface area contributed by atoms with Gasteiger partial charge in [-0.05, 0) is 32.3 Å². The number of hydrazine groups is 1. The normalized spacial score (nSPS) is 12.5. The zero-order chi connectivity index (χ0) is 11.3. The first-order valence-electron chi connectivity index (χ1n) is 5.28. The highest BCUT2D eigenvalue weighted by atomic mass is 15.2. The van der Waals surface area contributed by atoms with Crippen LogP contribution in [0.25, 0.3) is 0 Å². The quantitative estimate of drug-likeness (QED) is 0.439. The molecule has 2 nitrogen and oxygen atoms in total. The Balaban J connectivity index is 2.58. The van der Waals surface area contributed by atoms with Gasteiger partial charge in [-0.1, -0.05) is 35.4 Å². The second-order valence-corrected chi connectivity index (χ2v) is 4.21. The molecule has 0 spiro atoms. The fourth-order valence-electron chi connectivity index (χ4n) is 1.62. The van der Waals surface area contributed by atoms with Gasteiger partial charge in [0.15, 0.2) is 0 Å². The maximum Gasteiger partial charge on any atom is 0.0287 e. The lowest BCUT2D eigenvalue weighted by molar-refractivity contribution is 0.521. The van der Waals surface area contributed by atoms with E-state index >= 15 is 0 Å². The van der Waals surface area contributed by atoms with Crippen molar-refractivity contribution in [3.8, 4) is 0 Å². The van der Waals surface area contributed by atoms with Gasteiger partial charge in [-0.3, -0.25) is 11.3 Å². The number of aryl methyl sites for hydroxylation is 1. The molecule has 0 fully saturated rings. The van der Waals surface area contributed by atoms with Gasteiger partial charge in [0.1, 0.15) is 0 Å². The van der Waals surface area contributed by atoms with Crippen LogP contribution in [0.1, 0.15) is 24.5 Å². The summed E-state index contributed by atoms with van der Waals surface area (Å²) in [6.45, 7) is 8.02. The Kier molecular flexibility index (Phi) is 4.53. The lowest BCUT2D eigenvalue weighted by Crippen LogP contribution is -2.36. The minimum absolute atomic E-state index is 0.283. The van der Waals surface area contributed by atoms with E-state index in [0.29, 0.717) is 0 Å². The first-order chi connectivity index (χ1) is 7.11. The molecule has 0 heterocycles. The molecule has 1 unspecified atom stereocenters. The van der Waals surface area contributed by atoms with Crippen molar-refractivity contribution in [3.63, 3.8) is 0 Å². The van der Waals surface area contributed by atoms with Gasteiger partial charge in [0.25, 0.3) is 0 Å². The third-order valence-electron chi connectivity index (χ3n) is 2.43. The summed E-state index contributed by atoms with van der Waals surface area (Å²) in [5, 5.41) is 0. The van der Waals surface area contributed by atoms with E-state index in [0.717, 1.165) is 18.4 Å². The van der Waals surface area contributed by atoms with Crippen molar-refractivity contribution >= 4 is 0 Å². The minimum atomic E-state index is 0.283. The Bertz CT molecular complexity index is 314. The van der Waals surface area contributed by atoms with Crippen LogP contribution in [0.15, 0.2) is 36.4 Å². The minimum Gasteiger partial charge on any atom is -0.271 e.